The van der Waals surface area contributed by atoms with Gasteiger partial charge >= 0.3 is 0 Å². The van der Waals surface area contributed by atoms with Gasteiger partial charge in [0, 0.05) is 23.5 Å². The quantitative estimate of drug-likeness (QED) is 0.587. The number of hydrogen-bond donors (Lipinski definition) is 1. The van der Waals surface area contributed by atoms with E-state index < -0.39 is 0 Å². The van der Waals surface area contributed by atoms with Gasteiger partial charge in [-0.2, -0.15) is 9.61 Å². The number of anilines is 1. The average molecular weight is 361 g/mol. The van der Waals surface area contributed by atoms with Crippen LogP contribution in [0.5, 0.6) is 0 Å². The Hall–Kier alpha value is -3.88. The molecule has 134 valence electrons. The number of nitrogens with one attached hydrogen (secondary N) is 1. The molecule has 0 unspecified atom stereocenters. The summed E-state index contributed by atoms with van der Waals surface area (Å²) in [6.07, 6.45) is 2.72. The highest BCUT2D eigenvalue weighted by Crippen LogP contribution is 2.20. The number of benzene rings is 1. The number of fused-ring (bicyclic) bond motifs is 1. The van der Waals surface area contributed by atoms with Crippen LogP contribution in [0.2, 0.25) is 0 Å². The summed E-state index contributed by atoms with van der Waals surface area (Å²) in [7, 11) is 0. The van der Waals surface area contributed by atoms with E-state index in [4.69, 9.17) is 0 Å². The summed E-state index contributed by atoms with van der Waals surface area (Å²) in [5, 5.41) is 15.3. The number of carbonyl (C=O) groups is 1. The predicted octanol–water partition coefficient (Wildman–Crippen LogP) is 1.30. The zero-order valence-corrected chi connectivity index (χ0v) is 14.4. The summed E-state index contributed by atoms with van der Waals surface area (Å²) in [4.78, 5) is 27.6. The fourth-order valence-corrected chi connectivity index (χ4v) is 2.63. The van der Waals surface area contributed by atoms with Crippen molar-refractivity contribution in [3.8, 4) is 11.3 Å². The standard InChI is InChI=1S/C18H15N7O2/c1-12-21-22-16-7-6-15(23-25(12)16)13-2-4-14(5-3-13)20-17(26)10-24-11-19-9-8-18(24)27/h2-9,11H,10H2,1H3,(H,20,26). The van der Waals surface area contributed by atoms with Crippen LogP contribution in [-0.4, -0.2) is 35.3 Å². The van der Waals surface area contributed by atoms with Gasteiger partial charge < -0.3 is 5.32 Å². The zero-order valence-electron chi connectivity index (χ0n) is 14.4. The second-order valence-electron chi connectivity index (χ2n) is 5.91. The van der Waals surface area contributed by atoms with Crippen molar-refractivity contribution >= 4 is 17.2 Å². The molecule has 0 spiro atoms. The van der Waals surface area contributed by atoms with Crippen LogP contribution in [0.1, 0.15) is 5.82 Å². The molecule has 0 bridgehead atoms. The summed E-state index contributed by atoms with van der Waals surface area (Å²) in [6, 6.07) is 12.3. The molecule has 0 atom stereocenters. The van der Waals surface area contributed by atoms with Gasteiger partial charge in [-0.15, -0.1) is 10.2 Å². The van der Waals surface area contributed by atoms with Gasteiger partial charge in [-0.1, -0.05) is 12.1 Å². The monoisotopic (exact) mass is 361 g/mol. The van der Waals surface area contributed by atoms with Crippen molar-refractivity contribution in [2.45, 2.75) is 13.5 Å². The van der Waals surface area contributed by atoms with Gasteiger partial charge in [-0.25, -0.2) is 4.98 Å². The molecule has 9 heteroatoms. The molecule has 1 amide bonds. The molecule has 0 aliphatic carbocycles. The van der Waals surface area contributed by atoms with Crippen LogP contribution in [0.25, 0.3) is 16.9 Å². The second-order valence-corrected chi connectivity index (χ2v) is 5.91. The summed E-state index contributed by atoms with van der Waals surface area (Å²) >= 11 is 0. The van der Waals surface area contributed by atoms with Gasteiger partial charge in [0.1, 0.15) is 6.54 Å². The summed E-state index contributed by atoms with van der Waals surface area (Å²) in [6.45, 7) is 1.74. The van der Waals surface area contributed by atoms with Crippen molar-refractivity contribution in [1.82, 2.24) is 29.4 Å². The Morgan fingerprint density at radius 1 is 1.07 bits per heavy atom. The number of amides is 1. The van der Waals surface area contributed by atoms with Crippen LogP contribution >= 0.6 is 0 Å². The van der Waals surface area contributed by atoms with E-state index in [1.54, 1.807) is 16.6 Å². The number of aryl methyl sites for hydroxylation is 1. The Balaban J connectivity index is 1.49. The summed E-state index contributed by atoms with van der Waals surface area (Å²) in [5.41, 5.74) is 2.70. The second kappa shape index (κ2) is 6.79. The molecule has 0 radical (unpaired) electrons. The number of carbonyl (C=O) groups excluding carboxylic acids is 1. The van der Waals surface area contributed by atoms with E-state index in [9.17, 15) is 9.59 Å². The molecule has 0 saturated carbocycles. The van der Waals surface area contributed by atoms with Crippen LogP contribution in [0, 0.1) is 6.92 Å². The van der Waals surface area contributed by atoms with Gasteiger partial charge in [0.05, 0.1) is 12.0 Å². The maximum atomic E-state index is 12.1. The maximum Gasteiger partial charge on any atom is 0.253 e. The lowest BCUT2D eigenvalue weighted by atomic mass is 10.1. The SMILES string of the molecule is Cc1nnc2ccc(-c3ccc(NC(=O)Cn4cnccc4=O)cc3)nn12. The van der Waals surface area contributed by atoms with Gasteiger partial charge in [0.25, 0.3) is 5.56 Å². The first-order valence-corrected chi connectivity index (χ1v) is 8.20. The molecule has 27 heavy (non-hydrogen) atoms. The highest BCUT2D eigenvalue weighted by Gasteiger charge is 2.08. The van der Waals surface area contributed by atoms with E-state index >= 15 is 0 Å². The van der Waals surface area contributed by atoms with Gasteiger partial charge in [-0.3, -0.25) is 14.2 Å². The lowest BCUT2D eigenvalue weighted by molar-refractivity contribution is -0.116. The number of hydrogen-bond acceptors (Lipinski definition) is 6. The first kappa shape index (κ1) is 16.6. The topological polar surface area (TPSA) is 107 Å². The van der Waals surface area contributed by atoms with Crippen LogP contribution in [0.3, 0.4) is 0 Å². The minimum absolute atomic E-state index is 0.0977. The number of rotatable bonds is 4. The molecule has 0 fully saturated rings. The summed E-state index contributed by atoms with van der Waals surface area (Å²) < 4.78 is 2.92. The fourth-order valence-electron chi connectivity index (χ4n) is 2.63. The van der Waals surface area contributed by atoms with Gasteiger partial charge in [0.2, 0.25) is 5.91 Å². The van der Waals surface area contributed by atoms with Gasteiger partial charge in [-0.05, 0) is 31.2 Å². The first-order valence-electron chi connectivity index (χ1n) is 8.20. The van der Waals surface area contributed by atoms with Gasteiger partial charge in [0.15, 0.2) is 11.5 Å². The first-order chi connectivity index (χ1) is 13.1. The zero-order chi connectivity index (χ0) is 18.8. The molecular formula is C18H15N7O2. The maximum absolute atomic E-state index is 12.1. The third kappa shape index (κ3) is 3.43. The number of nitrogens with zero attached hydrogens (tertiary/aromatic N) is 6. The molecule has 0 aliphatic rings. The molecule has 1 N–H and O–H groups in total. The molecular weight excluding hydrogens is 346 g/mol. The van der Waals surface area contributed by atoms with E-state index in [2.05, 4.69) is 25.6 Å². The van der Waals surface area contributed by atoms with Crippen molar-refractivity contribution < 1.29 is 4.79 Å². The molecule has 4 rings (SSSR count). The predicted molar refractivity (Wildman–Crippen MR) is 98.1 cm³/mol. The van der Waals surface area contributed by atoms with Crippen molar-refractivity contribution in [2.24, 2.45) is 0 Å². The molecule has 9 nitrogen and oxygen atoms in total. The molecule has 3 heterocycles. The van der Waals surface area contributed by atoms with E-state index in [0.717, 1.165) is 11.3 Å². The smallest absolute Gasteiger partial charge is 0.253 e. The Labute approximate surface area is 153 Å². The van der Waals surface area contributed by atoms with Crippen LogP contribution in [0.4, 0.5) is 5.69 Å². The molecule has 4 aromatic rings. The van der Waals surface area contributed by atoms with Crippen molar-refractivity contribution in [3.63, 3.8) is 0 Å². The molecule has 1 aromatic carbocycles. The summed E-state index contributed by atoms with van der Waals surface area (Å²) in [5.74, 6) is 0.402. The minimum Gasteiger partial charge on any atom is -0.325 e. The Morgan fingerprint density at radius 2 is 1.89 bits per heavy atom. The Bertz CT molecular complexity index is 1180. The van der Waals surface area contributed by atoms with E-state index in [1.807, 2.05) is 31.2 Å². The van der Waals surface area contributed by atoms with Crippen LogP contribution in [-0.2, 0) is 11.3 Å². The molecule has 3 aromatic heterocycles. The van der Waals surface area contributed by atoms with Crippen molar-refractivity contribution in [2.75, 3.05) is 5.32 Å². The van der Waals surface area contributed by atoms with Crippen molar-refractivity contribution in [3.05, 3.63) is 71.2 Å². The van der Waals surface area contributed by atoms with Crippen LogP contribution in [0.15, 0.2) is 59.8 Å². The lowest BCUT2D eigenvalue weighted by Gasteiger charge is -2.08. The minimum atomic E-state index is -0.308. The Morgan fingerprint density at radius 3 is 2.67 bits per heavy atom. The fraction of sp³-hybridized carbons (Fsp3) is 0.111. The van der Waals surface area contributed by atoms with E-state index in [0.29, 0.717) is 17.2 Å². The average Bonchev–Trinajstić information content (AvgIpc) is 3.05. The number of aromatic nitrogens is 6. The van der Waals surface area contributed by atoms with Crippen molar-refractivity contribution in [1.29, 1.82) is 0 Å². The third-order valence-corrected chi connectivity index (χ3v) is 3.99. The third-order valence-electron chi connectivity index (χ3n) is 3.99. The lowest BCUT2D eigenvalue weighted by Crippen LogP contribution is -2.26. The Kier molecular flexibility index (Phi) is 4.17. The van der Waals surface area contributed by atoms with E-state index in [-0.39, 0.29) is 18.0 Å². The van der Waals surface area contributed by atoms with E-state index in [1.165, 1.54) is 23.2 Å². The normalized spacial score (nSPS) is 10.9. The highest BCUT2D eigenvalue weighted by atomic mass is 16.2. The largest absolute Gasteiger partial charge is 0.325 e. The molecule has 0 aliphatic heterocycles. The molecule has 0 saturated heterocycles. The highest BCUT2D eigenvalue weighted by molar-refractivity contribution is 5.90. The van der Waals surface area contributed by atoms with Crippen LogP contribution < -0.4 is 10.9 Å².